The van der Waals surface area contributed by atoms with Crippen molar-refractivity contribution in [2.75, 3.05) is 20.4 Å². The maximum Gasteiger partial charge on any atom is 0.231 e. The van der Waals surface area contributed by atoms with E-state index in [1.165, 1.54) is 0 Å². The molecule has 0 saturated heterocycles. The van der Waals surface area contributed by atoms with Crippen molar-refractivity contribution in [2.45, 2.75) is 26.4 Å². The summed E-state index contributed by atoms with van der Waals surface area (Å²) in [7, 11) is 1.65. The molecule has 3 heterocycles. The number of benzene rings is 3. The second-order valence-corrected chi connectivity index (χ2v) is 9.69. The van der Waals surface area contributed by atoms with Crippen LogP contribution in [-0.4, -0.2) is 35.6 Å². The second kappa shape index (κ2) is 9.61. The van der Waals surface area contributed by atoms with Crippen molar-refractivity contribution < 1.29 is 19.0 Å². The van der Waals surface area contributed by atoms with Gasteiger partial charge in [-0.15, -0.1) is 0 Å². The number of allylic oxidation sites excluding steroid dienone is 1. The number of carbonyl (C=O) groups is 1. The van der Waals surface area contributed by atoms with Crippen molar-refractivity contribution in [3.8, 4) is 17.2 Å². The van der Waals surface area contributed by atoms with Gasteiger partial charge in [0.15, 0.2) is 5.76 Å². The summed E-state index contributed by atoms with van der Waals surface area (Å²) in [6.07, 6.45) is 4.69. The Labute approximate surface area is 220 Å². The molecule has 188 valence electrons. The number of nitrogens with zero attached hydrogens (tertiary/aromatic N) is 2. The first-order valence-electron chi connectivity index (χ1n) is 12.4. The Balaban J connectivity index is 1.29. The molecule has 0 unspecified atom stereocenters. The van der Waals surface area contributed by atoms with Gasteiger partial charge in [-0.1, -0.05) is 29.8 Å². The van der Waals surface area contributed by atoms with Gasteiger partial charge in [0.1, 0.15) is 24.0 Å². The fraction of sp³-hybridized carbons (Fsp3) is 0.233. The van der Waals surface area contributed by atoms with E-state index in [-0.39, 0.29) is 5.78 Å². The van der Waals surface area contributed by atoms with Gasteiger partial charge in [-0.05, 0) is 61.4 Å². The van der Waals surface area contributed by atoms with Crippen LogP contribution in [0.1, 0.15) is 34.0 Å². The van der Waals surface area contributed by atoms with E-state index in [0.29, 0.717) is 30.3 Å². The molecule has 0 saturated carbocycles. The molecule has 37 heavy (non-hydrogen) atoms. The molecule has 4 aromatic rings. The molecule has 0 aliphatic carbocycles. The van der Waals surface area contributed by atoms with E-state index in [4.69, 9.17) is 25.8 Å². The minimum Gasteiger partial charge on any atom is -0.497 e. The van der Waals surface area contributed by atoms with E-state index in [1.807, 2.05) is 60.8 Å². The zero-order valence-corrected chi connectivity index (χ0v) is 21.5. The number of aryl methyl sites for hydroxylation is 1. The Morgan fingerprint density at radius 2 is 2.00 bits per heavy atom. The predicted molar refractivity (Wildman–Crippen MR) is 145 cm³/mol. The first-order valence-corrected chi connectivity index (χ1v) is 12.8. The molecule has 0 atom stereocenters. The number of rotatable bonds is 6. The lowest BCUT2D eigenvalue weighted by Crippen LogP contribution is -2.33. The van der Waals surface area contributed by atoms with Gasteiger partial charge in [-0.2, -0.15) is 0 Å². The summed E-state index contributed by atoms with van der Waals surface area (Å²) in [5.74, 6) is 2.31. The van der Waals surface area contributed by atoms with Crippen molar-refractivity contribution >= 4 is 34.4 Å². The SMILES string of the molecule is CCn1cc(/C=C2\Oc3c(ccc4c3CN(CCc3ccccc3Cl)CO4)C2=O)c2cc(OC)ccc21. The van der Waals surface area contributed by atoms with Crippen molar-refractivity contribution in [1.29, 1.82) is 0 Å². The average Bonchev–Trinajstić information content (AvgIpc) is 3.44. The normalized spacial score (nSPS) is 16.0. The zero-order chi connectivity index (χ0) is 25.5. The molecule has 2 aliphatic heterocycles. The third-order valence-electron chi connectivity index (χ3n) is 7.08. The number of ether oxygens (including phenoxy) is 3. The summed E-state index contributed by atoms with van der Waals surface area (Å²) in [4.78, 5) is 15.6. The molecule has 6 rings (SSSR count). The van der Waals surface area contributed by atoms with Crippen LogP contribution in [0.5, 0.6) is 17.2 Å². The van der Waals surface area contributed by atoms with E-state index in [2.05, 4.69) is 16.4 Å². The van der Waals surface area contributed by atoms with Crippen LogP contribution in [0.25, 0.3) is 17.0 Å². The lowest BCUT2D eigenvalue weighted by molar-refractivity contribution is 0.0950. The van der Waals surface area contributed by atoms with E-state index >= 15 is 0 Å². The van der Waals surface area contributed by atoms with Gasteiger partial charge in [0.2, 0.25) is 5.78 Å². The third-order valence-corrected chi connectivity index (χ3v) is 7.45. The van der Waals surface area contributed by atoms with Crippen molar-refractivity contribution in [2.24, 2.45) is 0 Å². The molecule has 0 amide bonds. The Kier molecular flexibility index (Phi) is 6.14. The quantitative estimate of drug-likeness (QED) is 0.281. The summed E-state index contributed by atoms with van der Waals surface area (Å²) >= 11 is 6.34. The second-order valence-electron chi connectivity index (χ2n) is 9.28. The van der Waals surface area contributed by atoms with Gasteiger partial charge in [0, 0.05) is 47.3 Å². The molecule has 0 spiro atoms. The van der Waals surface area contributed by atoms with Crippen LogP contribution in [0.15, 0.2) is 66.6 Å². The number of aromatic nitrogens is 1. The minimum absolute atomic E-state index is 0.119. The average molecular weight is 515 g/mol. The molecular formula is C30H27ClN2O4. The molecule has 1 aromatic heterocycles. The van der Waals surface area contributed by atoms with Crippen LogP contribution in [0.4, 0.5) is 0 Å². The minimum atomic E-state index is -0.119. The van der Waals surface area contributed by atoms with Gasteiger partial charge < -0.3 is 18.8 Å². The molecule has 6 nitrogen and oxygen atoms in total. The highest BCUT2D eigenvalue weighted by Gasteiger charge is 2.33. The van der Waals surface area contributed by atoms with E-state index in [0.717, 1.165) is 63.6 Å². The van der Waals surface area contributed by atoms with Crippen LogP contribution in [0.2, 0.25) is 5.02 Å². The monoisotopic (exact) mass is 514 g/mol. The number of fused-ring (bicyclic) bond motifs is 4. The smallest absolute Gasteiger partial charge is 0.231 e. The molecule has 2 aliphatic rings. The lowest BCUT2D eigenvalue weighted by Gasteiger charge is -2.29. The Hall–Kier alpha value is -3.74. The van der Waals surface area contributed by atoms with Gasteiger partial charge in [0.25, 0.3) is 0 Å². The van der Waals surface area contributed by atoms with Crippen LogP contribution in [-0.2, 0) is 19.5 Å². The first-order chi connectivity index (χ1) is 18.1. The fourth-order valence-corrected chi connectivity index (χ4v) is 5.31. The van der Waals surface area contributed by atoms with Gasteiger partial charge in [0.05, 0.1) is 18.2 Å². The number of Topliss-reactive ketones (excluding diaryl/α,β-unsaturated/α-hetero) is 1. The van der Waals surface area contributed by atoms with E-state index in [9.17, 15) is 4.79 Å². The Morgan fingerprint density at radius 3 is 2.81 bits per heavy atom. The van der Waals surface area contributed by atoms with Gasteiger partial charge in [-0.25, -0.2) is 0 Å². The molecule has 0 radical (unpaired) electrons. The van der Waals surface area contributed by atoms with E-state index < -0.39 is 0 Å². The third kappa shape index (κ3) is 4.26. The largest absolute Gasteiger partial charge is 0.497 e. The number of halogens is 1. The number of ketones is 1. The summed E-state index contributed by atoms with van der Waals surface area (Å²) in [5.41, 5.74) is 4.57. The van der Waals surface area contributed by atoms with Crippen LogP contribution < -0.4 is 14.2 Å². The number of hydrogen-bond donors (Lipinski definition) is 0. The molecule has 3 aromatic carbocycles. The molecule has 0 bridgehead atoms. The standard InChI is InChI=1S/C30H27ClN2O4/c1-3-33-16-20(23-15-21(35-2)8-10-26(23)33)14-28-29(34)22-9-11-27-24(30(22)37-28)17-32(18-36-27)13-12-19-6-4-5-7-25(19)31/h4-11,14-16H,3,12-13,17-18H2,1-2H3/b28-14-. The van der Waals surface area contributed by atoms with Crippen LogP contribution >= 0.6 is 11.6 Å². The topological polar surface area (TPSA) is 52.9 Å². The van der Waals surface area contributed by atoms with E-state index in [1.54, 1.807) is 13.2 Å². The molecule has 7 heteroatoms. The zero-order valence-electron chi connectivity index (χ0n) is 20.8. The number of hydrogen-bond acceptors (Lipinski definition) is 5. The summed E-state index contributed by atoms with van der Waals surface area (Å²) in [6.45, 7) is 4.80. The van der Waals surface area contributed by atoms with Crippen molar-refractivity contribution in [1.82, 2.24) is 9.47 Å². The molecular weight excluding hydrogens is 488 g/mol. The maximum atomic E-state index is 13.4. The van der Waals surface area contributed by atoms with Gasteiger partial charge in [-0.3, -0.25) is 9.69 Å². The Morgan fingerprint density at radius 1 is 1.14 bits per heavy atom. The fourth-order valence-electron chi connectivity index (χ4n) is 5.08. The van der Waals surface area contributed by atoms with Crippen LogP contribution in [0, 0.1) is 0 Å². The summed E-state index contributed by atoms with van der Waals surface area (Å²) in [5, 5.41) is 1.78. The maximum absolute atomic E-state index is 13.4. The lowest BCUT2D eigenvalue weighted by atomic mass is 10.0. The predicted octanol–water partition coefficient (Wildman–Crippen LogP) is 6.33. The van der Waals surface area contributed by atoms with Crippen molar-refractivity contribution in [3.63, 3.8) is 0 Å². The van der Waals surface area contributed by atoms with Gasteiger partial charge >= 0.3 is 0 Å². The first kappa shape index (κ1) is 23.6. The number of carbonyl (C=O) groups excluding carboxylic acids is 1. The summed E-state index contributed by atoms with van der Waals surface area (Å²) < 4.78 is 19.9. The number of methoxy groups -OCH3 is 1. The Bertz CT molecular complexity index is 1550. The molecule has 0 fully saturated rings. The van der Waals surface area contributed by atoms with Crippen LogP contribution in [0.3, 0.4) is 0 Å². The highest BCUT2D eigenvalue weighted by molar-refractivity contribution is 6.31. The molecule has 0 N–H and O–H groups in total. The highest BCUT2D eigenvalue weighted by Crippen LogP contribution is 2.42. The summed E-state index contributed by atoms with van der Waals surface area (Å²) in [6, 6.07) is 17.5. The highest BCUT2D eigenvalue weighted by atomic mass is 35.5. The van der Waals surface area contributed by atoms with Crippen molar-refractivity contribution in [3.05, 3.63) is 93.8 Å².